The van der Waals surface area contributed by atoms with Gasteiger partial charge in [-0.25, -0.2) is 4.57 Å². The predicted molar refractivity (Wildman–Crippen MR) is 219 cm³/mol. The molecule has 1 fully saturated rings. The minimum absolute atomic E-state index is 0.0860. The number of phosphoric acid groups is 1. The number of carbonyl (C=O) groups is 1. The first-order chi connectivity index (χ1) is 25.9. The number of rotatable bonds is 38. The van der Waals surface area contributed by atoms with Crippen LogP contribution >= 0.6 is 7.82 Å². The Kier molecular flexibility index (Phi) is 33.0. The Balaban J connectivity index is 2.23. The summed E-state index contributed by atoms with van der Waals surface area (Å²) in [5, 5.41) is 0. The zero-order chi connectivity index (χ0) is 38.5. The van der Waals surface area contributed by atoms with Gasteiger partial charge in [-0.1, -0.05) is 120 Å². The molecule has 1 aliphatic rings. The van der Waals surface area contributed by atoms with Crippen molar-refractivity contribution in [2.75, 3.05) is 26.4 Å². The molecule has 1 heterocycles. The summed E-state index contributed by atoms with van der Waals surface area (Å²) in [6.07, 6.45) is 46.4. The lowest BCUT2D eigenvalue weighted by molar-refractivity contribution is -0.147. The van der Waals surface area contributed by atoms with E-state index in [2.05, 4.69) is 62.5 Å². The predicted octanol–water partition coefficient (Wildman–Crippen LogP) is 11.5. The van der Waals surface area contributed by atoms with Crippen molar-refractivity contribution in [2.45, 2.75) is 180 Å². The monoisotopic (exact) mass is 766 g/mol. The standard InChI is InChI=1S/C43H76NO8P/c1-3-5-7-9-11-13-15-17-18-19-20-22-24-26-28-30-36-48-40(39-51-53(46,47)50-37-35-44)38-49-43(45)34-31-33-42-41(52-42)32-29-27-25-23-21-16-14-12-10-8-6-4-2/h12,14,17-18,21,23,27,29-30,36,40-42H,3-11,13,15-16,19-20,22,24-26,28,31-35,37-39,44H2,1-2H3,(H,46,47)/b14-12-,18-17-,23-21-,29-27-,36-30+/t40-,41?,42?/m1/s1. The lowest BCUT2D eigenvalue weighted by Gasteiger charge is -2.19. The number of epoxide rings is 1. The van der Waals surface area contributed by atoms with Gasteiger partial charge in [0.05, 0.1) is 31.7 Å². The van der Waals surface area contributed by atoms with Gasteiger partial charge in [-0.15, -0.1) is 0 Å². The number of esters is 1. The highest BCUT2D eigenvalue weighted by atomic mass is 31.2. The van der Waals surface area contributed by atoms with E-state index in [9.17, 15) is 14.3 Å². The minimum atomic E-state index is -4.29. The van der Waals surface area contributed by atoms with E-state index in [1.54, 1.807) is 6.26 Å². The number of nitrogens with two attached hydrogens (primary N) is 1. The van der Waals surface area contributed by atoms with Crippen LogP contribution in [-0.4, -0.2) is 55.5 Å². The second kappa shape index (κ2) is 35.7. The van der Waals surface area contributed by atoms with Crippen molar-refractivity contribution in [2.24, 2.45) is 5.73 Å². The van der Waals surface area contributed by atoms with E-state index in [0.29, 0.717) is 6.42 Å². The molecule has 0 bridgehead atoms. The van der Waals surface area contributed by atoms with Crippen molar-refractivity contribution in [3.8, 4) is 0 Å². The smallest absolute Gasteiger partial charge is 0.472 e. The average molecular weight is 766 g/mol. The number of allylic oxidation sites excluding steroid dienone is 8. The van der Waals surface area contributed by atoms with Gasteiger partial charge in [0, 0.05) is 13.0 Å². The fourth-order valence-corrected chi connectivity index (χ4v) is 6.41. The van der Waals surface area contributed by atoms with E-state index in [0.717, 1.165) is 51.4 Å². The van der Waals surface area contributed by atoms with Crippen LogP contribution in [0.15, 0.2) is 60.9 Å². The molecule has 0 aliphatic carbocycles. The Morgan fingerprint density at radius 2 is 1.25 bits per heavy atom. The Labute approximate surface area is 323 Å². The van der Waals surface area contributed by atoms with Crippen LogP contribution in [0.1, 0.15) is 162 Å². The maximum atomic E-state index is 12.5. The normalized spacial score (nSPS) is 17.9. The van der Waals surface area contributed by atoms with Gasteiger partial charge in [-0.2, -0.15) is 0 Å². The summed E-state index contributed by atoms with van der Waals surface area (Å²) in [6, 6.07) is 0. The molecule has 306 valence electrons. The molecule has 0 spiro atoms. The molecule has 1 saturated heterocycles. The Morgan fingerprint density at radius 3 is 1.91 bits per heavy atom. The van der Waals surface area contributed by atoms with Gasteiger partial charge >= 0.3 is 13.8 Å². The molecule has 0 aromatic heterocycles. The number of unbranched alkanes of at least 4 members (excludes halogenated alkanes) is 14. The molecule has 9 nitrogen and oxygen atoms in total. The molecule has 1 aliphatic heterocycles. The van der Waals surface area contributed by atoms with Crippen molar-refractivity contribution in [1.29, 1.82) is 0 Å². The zero-order valence-corrected chi connectivity index (χ0v) is 34.3. The first-order valence-electron chi connectivity index (χ1n) is 20.9. The third-order valence-corrected chi connectivity index (χ3v) is 9.90. The molecule has 3 N–H and O–H groups in total. The van der Waals surface area contributed by atoms with Crippen molar-refractivity contribution < 1.29 is 37.5 Å². The lowest BCUT2D eigenvalue weighted by Crippen LogP contribution is -2.25. The van der Waals surface area contributed by atoms with Crippen LogP contribution in [0.4, 0.5) is 0 Å². The van der Waals surface area contributed by atoms with E-state index < -0.39 is 13.9 Å². The molecule has 0 saturated carbocycles. The quantitative estimate of drug-likeness (QED) is 0.0157. The lowest BCUT2D eigenvalue weighted by atomic mass is 10.1. The molecule has 10 heteroatoms. The molecular formula is C43H76NO8P. The van der Waals surface area contributed by atoms with Gasteiger partial charge in [-0.3, -0.25) is 13.8 Å². The number of hydrogen-bond acceptors (Lipinski definition) is 8. The first kappa shape index (κ1) is 49.0. The van der Waals surface area contributed by atoms with Crippen LogP contribution in [0.3, 0.4) is 0 Å². The molecule has 0 radical (unpaired) electrons. The Morgan fingerprint density at radius 1 is 0.698 bits per heavy atom. The summed E-state index contributed by atoms with van der Waals surface area (Å²) in [4.78, 5) is 22.3. The molecule has 0 aromatic carbocycles. The third kappa shape index (κ3) is 33.1. The van der Waals surface area contributed by atoms with E-state index in [-0.39, 0.29) is 51.0 Å². The van der Waals surface area contributed by atoms with Gasteiger partial charge in [0.2, 0.25) is 0 Å². The molecule has 3 unspecified atom stereocenters. The largest absolute Gasteiger partial charge is 0.492 e. The average Bonchev–Trinajstić information content (AvgIpc) is 3.90. The molecule has 53 heavy (non-hydrogen) atoms. The topological polar surface area (TPSA) is 130 Å². The van der Waals surface area contributed by atoms with Crippen LogP contribution in [0.2, 0.25) is 0 Å². The number of hydrogen-bond donors (Lipinski definition) is 2. The van der Waals surface area contributed by atoms with Crippen LogP contribution in [0, 0.1) is 0 Å². The fraction of sp³-hybridized carbons (Fsp3) is 0.744. The van der Waals surface area contributed by atoms with E-state index in [1.165, 1.54) is 83.5 Å². The summed E-state index contributed by atoms with van der Waals surface area (Å²) >= 11 is 0. The molecular weight excluding hydrogens is 689 g/mol. The van der Waals surface area contributed by atoms with Gasteiger partial charge in [-0.05, 0) is 89.5 Å². The van der Waals surface area contributed by atoms with E-state index >= 15 is 0 Å². The van der Waals surface area contributed by atoms with Gasteiger partial charge in [0.15, 0.2) is 6.10 Å². The Bertz CT molecular complexity index is 1060. The molecule has 4 atom stereocenters. The first-order valence-corrected chi connectivity index (χ1v) is 22.4. The second-order valence-electron chi connectivity index (χ2n) is 13.9. The third-order valence-electron chi connectivity index (χ3n) is 8.92. The van der Waals surface area contributed by atoms with Crippen LogP contribution in [0.25, 0.3) is 0 Å². The number of ether oxygens (including phenoxy) is 3. The highest BCUT2D eigenvalue weighted by Gasteiger charge is 2.36. The van der Waals surface area contributed by atoms with E-state index in [4.69, 9.17) is 29.0 Å². The number of carbonyl (C=O) groups excluding carboxylic acids is 1. The Hall–Kier alpha value is -2.00. The van der Waals surface area contributed by atoms with Crippen LogP contribution in [-0.2, 0) is 32.6 Å². The van der Waals surface area contributed by atoms with Gasteiger partial charge in [0.1, 0.15) is 6.61 Å². The maximum absolute atomic E-state index is 12.5. The molecule has 0 amide bonds. The maximum Gasteiger partial charge on any atom is 0.472 e. The molecule has 0 aromatic rings. The zero-order valence-electron chi connectivity index (χ0n) is 33.4. The number of phosphoric ester groups is 1. The summed E-state index contributed by atoms with van der Waals surface area (Å²) in [5.41, 5.74) is 5.36. The van der Waals surface area contributed by atoms with Crippen molar-refractivity contribution in [3.63, 3.8) is 0 Å². The van der Waals surface area contributed by atoms with Gasteiger partial charge in [0.25, 0.3) is 0 Å². The SMILES string of the molecule is CCCCC/C=C\C/C=C\C/C=C\CC1OC1CCCC(=O)OC[C@H](COP(=O)(O)OCCN)O/C=C/CCCCCC/C=C\CCCCCCCC. The molecule has 1 rings (SSSR count). The minimum Gasteiger partial charge on any atom is -0.492 e. The summed E-state index contributed by atoms with van der Waals surface area (Å²) in [5.74, 6) is -0.355. The van der Waals surface area contributed by atoms with Crippen LogP contribution in [0.5, 0.6) is 0 Å². The van der Waals surface area contributed by atoms with Crippen molar-refractivity contribution in [1.82, 2.24) is 0 Å². The summed E-state index contributed by atoms with van der Waals surface area (Å²) in [7, 11) is -4.29. The highest BCUT2D eigenvalue weighted by molar-refractivity contribution is 7.47. The van der Waals surface area contributed by atoms with E-state index in [1.807, 2.05) is 6.08 Å². The van der Waals surface area contributed by atoms with Gasteiger partial charge < -0.3 is 24.8 Å². The van der Waals surface area contributed by atoms with Crippen LogP contribution < -0.4 is 5.73 Å². The summed E-state index contributed by atoms with van der Waals surface area (Å²) < 4.78 is 38.9. The van der Waals surface area contributed by atoms with Crippen molar-refractivity contribution in [3.05, 3.63) is 60.9 Å². The fourth-order valence-electron chi connectivity index (χ4n) is 5.65. The second-order valence-corrected chi connectivity index (χ2v) is 15.4. The van der Waals surface area contributed by atoms with Crippen molar-refractivity contribution >= 4 is 13.8 Å². The summed E-state index contributed by atoms with van der Waals surface area (Å²) in [6.45, 7) is 4.07. The highest BCUT2D eigenvalue weighted by Crippen LogP contribution is 2.43.